The Morgan fingerprint density at radius 1 is 0.933 bits per heavy atom. The second kappa shape index (κ2) is 8.74. The summed E-state index contributed by atoms with van der Waals surface area (Å²) in [5, 5.41) is 2.91. The fourth-order valence-corrected chi connectivity index (χ4v) is 3.56. The first-order chi connectivity index (χ1) is 14.6. The number of benzene rings is 3. The molecule has 30 heavy (non-hydrogen) atoms. The Morgan fingerprint density at radius 2 is 1.57 bits per heavy atom. The summed E-state index contributed by atoms with van der Waals surface area (Å²) in [5.41, 5.74) is 4.26. The number of benzodiazepines with no additional fused rings is 1. The molecule has 3 aromatic rings. The number of aliphatic imine (C=N–C) groups is 1. The number of para-hydroxylation sites is 1. The van der Waals surface area contributed by atoms with Crippen LogP contribution in [0.4, 0.5) is 5.69 Å². The third-order valence-electron chi connectivity index (χ3n) is 5.08. The molecule has 1 aliphatic heterocycles. The number of hydrogen-bond acceptors (Lipinski definition) is 3. The van der Waals surface area contributed by atoms with Crippen molar-refractivity contribution in [3.05, 3.63) is 102 Å². The van der Waals surface area contributed by atoms with Crippen molar-refractivity contribution in [2.75, 3.05) is 11.4 Å². The average molecular weight is 397 g/mol. The molecule has 0 aliphatic carbocycles. The molecule has 5 nitrogen and oxygen atoms in total. The minimum absolute atomic E-state index is 0.0510. The number of nitrogens with zero attached hydrogens (tertiary/aromatic N) is 2. The first-order valence-electron chi connectivity index (χ1n) is 9.98. The van der Waals surface area contributed by atoms with Crippen LogP contribution in [0.1, 0.15) is 23.6 Å². The number of fused-ring (bicyclic) bond motifs is 1. The summed E-state index contributed by atoms with van der Waals surface area (Å²) in [5.74, 6) is -0.402. The van der Waals surface area contributed by atoms with Crippen LogP contribution in [0.25, 0.3) is 0 Å². The van der Waals surface area contributed by atoms with Gasteiger partial charge in [-0.05, 0) is 18.6 Å². The van der Waals surface area contributed by atoms with Crippen molar-refractivity contribution in [3.63, 3.8) is 0 Å². The summed E-state index contributed by atoms with van der Waals surface area (Å²) < 4.78 is 0. The highest BCUT2D eigenvalue weighted by atomic mass is 16.2. The van der Waals surface area contributed by atoms with Crippen LogP contribution in [0.3, 0.4) is 0 Å². The molecule has 0 saturated heterocycles. The van der Waals surface area contributed by atoms with Crippen LogP contribution >= 0.6 is 0 Å². The third-order valence-corrected chi connectivity index (χ3v) is 5.08. The first kappa shape index (κ1) is 19.6. The highest BCUT2D eigenvalue weighted by molar-refractivity contribution is 6.20. The molecule has 150 valence electrons. The Hall–Kier alpha value is -3.73. The maximum Gasteiger partial charge on any atom is 0.252 e. The van der Waals surface area contributed by atoms with Crippen LogP contribution in [-0.4, -0.2) is 30.1 Å². The van der Waals surface area contributed by atoms with E-state index in [1.165, 1.54) is 0 Å². The van der Waals surface area contributed by atoms with E-state index in [2.05, 4.69) is 5.32 Å². The van der Waals surface area contributed by atoms with E-state index < -0.39 is 6.04 Å². The van der Waals surface area contributed by atoms with Gasteiger partial charge in [-0.2, -0.15) is 0 Å². The number of amides is 2. The van der Waals surface area contributed by atoms with E-state index in [0.717, 1.165) is 22.4 Å². The van der Waals surface area contributed by atoms with E-state index in [1.54, 1.807) is 11.8 Å². The Labute approximate surface area is 176 Å². The molecule has 2 amide bonds. The fraction of sp³-hybridized carbons (Fsp3) is 0.160. The van der Waals surface area contributed by atoms with Crippen molar-refractivity contribution < 1.29 is 9.59 Å². The van der Waals surface area contributed by atoms with E-state index in [9.17, 15) is 9.59 Å². The number of anilines is 1. The number of hydrogen-bond donors (Lipinski definition) is 1. The topological polar surface area (TPSA) is 61.8 Å². The van der Waals surface area contributed by atoms with Crippen molar-refractivity contribution in [2.24, 2.45) is 4.99 Å². The molecule has 0 fully saturated rings. The molecule has 3 aromatic carbocycles. The van der Waals surface area contributed by atoms with E-state index >= 15 is 0 Å². The van der Waals surface area contributed by atoms with Gasteiger partial charge in [-0.1, -0.05) is 78.9 Å². The Bertz CT molecular complexity index is 1080. The summed E-state index contributed by atoms with van der Waals surface area (Å²) in [7, 11) is 0. The van der Waals surface area contributed by atoms with Crippen LogP contribution in [0, 0.1) is 0 Å². The maximum atomic E-state index is 13.1. The maximum absolute atomic E-state index is 13.1. The van der Waals surface area contributed by atoms with Crippen LogP contribution in [0.2, 0.25) is 0 Å². The molecule has 1 N–H and O–H groups in total. The second-order valence-corrected chi connectivity index (χ2v) is 7.22. The average Bonchev–Trinajstić information content (AvgIpc) is 2.89. The zero-order valence-electron chi connectivity index (χ0n) is 16.8. The Morgan fingerprint density at radius 3 is 2.30 bits per heavy atom. The van der Waals surface area contributed by atoms with Crippen molar-refractivity contribution in [1.29, 1.82) is 0 Å². The summed E-state index contributed by atoms with van der Waals surface area (Å²) in [6.07, 6.45) is 0. The minimum atomic E-state index is -0.588. The van der Waals surface area contributed by atoms with Gasteiger partial charge in [0.1, 0.15) is 12.6 Å². The summed E-state index contributed by atoms with van der Waals surface area (Å²) >= 11 is 0. The lowest BCUT2D eigenvalue weighted by Gasteiger charge is -2.24. The third kappa shape index (κ3) is 4.15. The second-order valence-electron chi connectivity index (χ2n) is 7.22. The van der Waals surface area contributed by atoms with Crippen LogP contribution in [-0.2, 0) is 16.1 Å². The zero-order valence-corrected chi connectivity index (χ0v) is 16.8. The monoisotopic (exact) mass is 397 g/mol. The van der Waals surface area contributed by atoms with E-state index in [-0.39, 0.29) is 18.4 Å². The summed E-state index contributed by atoms with van der Waals surface area (Å²) in [6.45, 7) is 2.14. The number of carbonyl (C=O) groups is 2. The van der Waals surface area contributed by atoms with E-state index in [4.69, 9.17) is 4.99 Å². The van der Waals surface area contributed by atoms with Gasteiger partial charge in [0.25, 0.3) is 5.91 Å². The van der Waals surface area contributed by atoms with Gasteiger partial charge in [0, 0.05) is 17.7 Å². The molecule has 4 rings (SSSR count). The standard InChI is InChI=1S/C25H23N3O2/c1-18-25(30)28(17-23(29)26-16-19-10-4-2-5-11-19)22-15-9-8-14-21(22)24(27-18)20-12-6-3-7-13-20/h2-15,18H,16-17H2,1H3,(H,26,29)/t18-/m0/s1. The normalized spacial score (nSPS) is 15.8. The molecule has 0 spiro atoms. The largest absolute Gasteiger partial charge is 0.350 e. The predicted molar refractivity (Wildman–Crippen MR) is 119 cm³/mol. The van der Waals surface area contributed by atoms with E-state index in [1.807, 2.05) is 84.9 Å². The molecule has 0 aromatic heterocycles. The molecule has 0 saturated carbocycles. The van der Waals surface area contributed by atoms with Crippen LogP contribution in [0.15, 0.2) is 89.9 Å². The smallest absolute Gasteiger partial charge is 0.252 e. The van der Waals surface area contributed by atoms with Gasteiger partial charge in [0.15, 0.2) is 0 Å². The van der Waals surface area contributed by atoms with Crippen LogP contribution in [0.5, 0.6) is 0 Å². The van der Waals surface area contributed by atoms with Gasteiger partial charge < -0.3 is 10.2 Å². The molecule has 1 atom stereocenters. The fourth-order valence-electron chi connectivity index (χ4n) is 3.56. The lowest BCUT2D eigenvalue weighted by Crippen LogP contribution is -2.43. The molecule has 5 heteroatoms. The highest BCUT2D eigenvalue weighted by Crippen LogP contribution is 2.28. The van der Waals surface area contributed by atoms with Gasteiger partial charge in [0.05, 0.1) is 11.4 Å². The number of rotatable bonds is 5. The van der Waals surface area contributed by atoms with Gasteiger partial charge in [-0.3, -0.25) is 14.6 Å². The summed E-state index contributed by atoms with van der Waals surface area (Å²) in [6, 6.07) is 26.5. The first-order valence-corrected chi connectivity index (χ1v) is 9.98. The van der Waals surface area contributed by atoms with Crippen LogP contribution < -0.4 is 10.2 Å². The molecule has 0 radical (unpaired) electrons. The number of nitrogens with one attached hydrogen (secondary N) is 1. The molecule has 0 bridgehead atoms. The molecule has 0 unspecified atom stereocenters. The SMILES string of the molecule is C[C@@H]1N=C(c2ccccc2)c2ccccc2N(CC(=O)NCc2ccccc2)C1=O. The lowest BCUT2D eigenvalue weighted by atomic mass is 10.0. The van der Waals surface area contributed by atoms with Crippen molar-refractivity contribution in [1.82, 2.24) is 5.32 Å². The van der Waals surface area contributed by atoms with Gasteiger partial charge >= 0.3 is 0 Å². The molecule has 1 aliphatic rings. The zero-order chi connectivity index (χ0) is 20.9. The Balaban J connectivity index is 1.62. The van der Waals surface area contributed by atoms with Gasteiger partial charge in [-0.15, -0.1) is 0 Å². The highest BCUT2D eigenvalue weighted by Gasteiger charge is 2.30. The van der Waals surface area contributed by atoms with Crippen molar-refractivity contribution >= 4 is 23.2 Å². The lowest BCUT2D eigenvalue weighted by molar-refractivity contribution is -0.124. The molecule has 1 heterocycles. The van der Waals surface area contributed by atoms with Gasteiger partial charge in [-0.25, -0.2) is 0 Å². The summed E-state index contributed by atoms with van der Waals surface area (Å²) in [4.78, 5) is 32.1. The quantitative estimate of drug-likeness (QED) is 0.715. The molecular weight excluding hydrogens is 374 g/mol. The number of carbonyl (C=O) groups excluding carboxylic acids is 2. The van der Waals surface area contributed by atoms with E-state index in [0.29, 0.717) is 12.2 Å². The molecular formula is C25H23N3O2. The Kier molecular flexibility index (Phi) is 5.70. The van der Waals surface area contributed by atoms with Gasteiger partial charge in [0.2, 0.25) is 5.91 Å². The van der Waals surface area contributed by atoms with Crippen molar-refractivity contribution in [2.45, 2.75) is 19.5 Å². The minimum Gasteiger partial charge on any atom is -0.350 e. The van der Waals surface area contributed by atoms with Crippen molar-refractivity contribution in [3.8, 4) is 0 Å². The predicted octanol–water partition coefficient (Wildman–Crippen LogP) is 3.58.